The van der Waals surface area contributed by atoms with Crippen LogP contribution in [0, 0.1) is 10.1 Å². The molecule has 3 aromatic carbocycles. The van der Waals surface area contributed by atoms with Gasteiger partial charge in [-0.3, -0.25) is 14.4 Å². The first kappa shape index (κ1) is 17.0. The van der Waals surface area contributed by atoms with E-state index in [1.165, 1.54) is 16.4 Å². The van der Waals surface area contributed by atoms with Gasteiger partial charge in [-0.25, -0.2) is 8.42 Å². The van der Waals surface area contributed by atoms with Crippen LogP contribution in [0.1, 0.15) is 11.1 Å². The summed E-state index contributed by atoms with van der Waals surface area (Å²) in [6, 6.07) is 13.3. The fraction of sp³-hybridized carbons (Fsp3) is 0.158. The second-order valence-electron chi connectivity index (χ2n) is 6.60. The van der Waals surface area contributed by atoms with Crippen LogP contribution >= 0.6 is 0 Å². The van der Waals surface area contributed by atoms with Crippen LogP contribution in [0.25, 0.3) is 10.8 Å². The van der Waals surface area contributed by atoms with E-state index in [1.54, 1.807) is 24.3 Å². The number of hydrogen-bond donors (Lipinski definition) is 0. The van der Waals surface area contributed by atoms with E-state index in [-0.39, 0.29) is 30.5 Å². The third kappa shape index (κ3) is 2.36. The average molecular weight is 398 g/mol. The van der Waals surface area contributed by atoms with Gasteiger partial charge in [0.05, 0.1) is 28.7 Å². The highest BCUT2D eigenvalue weighted by molar-refractivity contribution is 7.93. The number of hydrogen-bond acceptors (Lipinski definition) is 6. The Balaban J connectivity index is 1.68. The lowest BCUT2D eigenvalue weighted by Gasteiger charge is -2.24. The highest BCUT2D eigenvalue weighted by Crippen LogP contribution is 2.44. The second-order valence-corrected chi connectivity index (χ2v) is 8.43. The molecule has 0 aromatic heterocycles. The molecule has 0 unspecified atom stereocenters. The van der Waals surface area contributed by atoms with Crippen molar-refractivity contribution in [3.8, 4) is 5.75 Å². The van der Waals surface area contributed by atoms with Gasteiger partial charge >= 0.3 is 0 Å². The summed E-state index contributed by atoms with van der Waals surface area (Å²) in [6.45, 7) is 0.118. The Labute approximate surface area is 160 Å². The molecule has 2 aliphatic rings. The molecule has 2 heterocycles. The van der Waals surface area contributed by atoms with Gasteiger partial charge in [-0.05, 0) is 17.5 Å². The average Bonchev–Trinajstić information content (AvgIpc) is 2.91. The van der Waals surface area contributed by atoms with Crippen molar-refractivity contribution < 1.29 is 22.8 Å². The molecule has 142 valence electrons. The van der Waals surface area contributed by atoms with Crippen LogP contribution < -0.4 is 9.04 Å². The van der Waals surface area contributed by atoms with Crippen LogP contribution in [-0.2, 0) is 27.9 Å². The Morgan fingerprint density at radius 1 is 1.14 bits per heavy atom. The molecule has 0 fully saturated rings. The predicted octanol–water partition coefficient (Wildman–Crippen LogP) is 3.32. The van der Waals surface area contributed by atoms with E-state index >= 15 is 0 Å². The van der Waals surface area contributed by atoms with Crippen LogP contribution in [0.5, 0.6) is 5.75 Å². The molecule has 0 aliphatic carbocycles. The van der Waals surface area contributed by atoms with Crippen molar-refractivity contribution in [2.45, 2.75) is 18.0 Å². The number of sulfonamides is 1. The van der Waals surface area contributed by atoms with Crippen molar-refractivity contribution >= 4 is 32.2 Å². The summed E-state index contributed by atoms with van der Waals surface area (Å²) in [5.41, 5.74) is 1.39. The first-order valence-electron chi connectivity index (χ1n) is 8.52. The Hall–Kier alpha value is -3.17. The zero-order valence-electron chi connectivity index (χ0n) is 14.5. The van der Waals surface area contributed by atoms with Gasteiger partial charge in [-0.15, -0.1) is 0 Å². The van der Waals surface area contributed by atoms with Gasteiger partial charge in [0, 0.05) is 28.6 Å². The molecule has 0 N–H and O–H groups in total. The third-order valence-corrected chi connectivity index (χ3v) is 6.78. The molecule has 0 bridgehead atoms. The fourth-order valence-electron chi connectivity index (χ4n) is 3.79. The molecular weight excluding hydrogens is 384 g/mol. The molecule has 0 amide bonds. The largest absolute Gasteiger partial charge is 0.467 e. The van der Waals surface area contributed by atoms with Crippen LogP contribution in [0.3, 0.4) is 0 Å². The molecule has 3 aromatic rings. The van der Waals surface area contributed by atoms with Gasteiger partial charge in [0.25, 0.3) is 15.7 Å². The number of nitrogens with zero attached hydrogens (tertiary/aromatic N) is 2. The minimum Gasteiger partial charge on any atom is -0.467 e. The zero-order valence-corrected chi connectivity index (χ0v) is 15.3. The number of nitro benzene ring substituents is 1. The molecule has 0 radical (unpaired) electrons. The summed E-state index contributed by atoms with van der Waals surface area (Å²) >= 11 is 0. The molecule has 28 heavy (non-hydrogen) atoms. The number of benzene rings is 3. The molecule has 0 atom stereocenters. The van der Waals surface area contributed by atoms with Gasteiger partial charge in [0.1, 0.15) is 5.75 Å². The van der Waals surface area contributed by atoms with Gasteiger partial charge in [0.2, 0.25) is 0 Å². The van der Waals surface area contributed by atoms with E-state index < -0.39 is 14.9 Å². The maximum atomic E-state index is 13.2. The van der Waals surface area contributed by atoms with Gasteiger partial charge in [-0.2, -0.15) is 0 Å². The lowest BCUT2D eigenvalue weighted by atomic mass is 10.1. The van der Waals surface area contributed by atoms with Crippen LogP contribution in [0.2, 0.25) is 0 Å². The second kappa shape index (κ2) is 5.91. The van der Waals surface area contributed by atoms with E-state index in [0.29, 0.717) is 28.0 Å². The summed E-state index contributed by atoms with van der Waals surface area (Å²) in [5.74, 6) is 0.440. The Morgan fingerprint density at radius 3 is 2.71 bits per heavy atom. The number of fused-ring (bicyclic) bond motifs is 1. The standard InChI is InChI=1S/C19H14N2O6S/c22-21(23)15-7-13(19-14(8-15)10-26-11-27-19)9-20-16-5-1-3-12-4-2-6-17(18(12)16)28(20,24)25/h1-8H,9-11H2. The van der Waals surface area contributed by atoms with E-state index in [0.717, 1.165) is 5.39 Å². The SMILES string of the molecule is O=[N+]([O-])c1cc2c(c(CN3c4cccc5cccc(c45)S3(=O)=O)c1)OCOC2. The van der Waals surface area contributed by atoms with Crippen LogP contribution in [-0.4, -0.2) is 20.1 Å². The first-order chi connectivity index (χ1) is 13.5. The maximum Gasteiger partial charge on any atom is 0.270 e. The Kier molecular flexibility index (Phi) is 3.58. The lowest BCUT2D eigenvalue weighted by molar-refractivity contribution is -0.385. The van der Waals surface area contributed by atoms with E-state index in [2.05, 4.69) is 0 Å². The zero-order chi connectivity index (χ0) is 19.5. The van der Waals surface area contributed by atoms with Gasteiger partial charge in [-0.1, -0.05) is 24.3 Å². The molecule has 8 nitrogen and oxygen atoms in total. The molecule has 0 saturated heterocycles. The summed E-state index contributed by atoms with van der Waals surface area (Å²) < 4.78 is 38.4. The topological polar surface area (TPSA) is 99.0 Å². The number of rotatable bonds is 3. The molecule has 5 rings (SSSR count). The minimum atomic E-state index is -3.78. The summed E-state index contributed by atoms with van der Waals surface area (Å²) in [6.07, 6.45) is 0. The normalized spacial score (nSPS) is 16.6. The predicted molar refractivity (Wildman–Crippen MR) is 101 cm³/mol. The van der Waals surface area contributed by atoms with Crippen molar-refractivity contribution in [1.82, 2.24) is 0 Å². The van der Waals surface area contributed by atoms with Crippen molar-refractivity contribution in [3.05, 3.63) is 69.8 Å². The van der Waals surface area contributed by atoms with Crippen molar-refractivity contribution in [1.29, 1.82) is 0 Å². The van der Waals surface area contributed by atoms with Crippen molar-refractivity contribution in [2.75, 3.05) is 11.1 Å². The molecule has 0 spiro atoms. The summed E-state index contributed by atoms with van der Waals surface area (Å²) in [5, 5.41) is 12.8. The van der Waals surface area contributed by atoms with Crippen LogP contribution in [0.4, 0.5) is 11.4 Å². The van der Waals surface area contributed by atoms with Gasteiger partial charge < -0.3 is 9.47 Å². The summed E-state index contributed by atoms with van der Waals surface area (Å²) in [4.78, 5) is 11.1. The Morgan fingerprint density at radius 2 is 1.93 bits per heavy atom. The monoisotopic (exact) mass is 398 g/mol. The molecule has 9 heteroatoms. The Bertz CT molecular complexity index is 1250. The van der Waals surface area contributed by atoms with Crippen LogP contribution in [0.15, 0.2) is 53.4 Å². The number of ether oxygens (including phenoxy) is 2. The first-order valence-corrected chi connectivity index (χ1v) is 9.96. The van der Waals surface area contributed by atoms with Crippen molar-refractivity contribution in [3.63, 3.8) is 0 Å². The smallest absolute Gasteiger partial charge is 0.270 e. The number of nitro groups is 1. The third-order valence-electron chi connectivity index (χ3n) is 4.98. The fourth-order valence-corrected chi connectivity index (χ4v) is 5.48. The van der Waals surface area contributed by atoms with E-state index in [1.807, 2.05) is 12.1 Å². The van der Waals surface area contributed by atoms with E-state index in [4.69, 9.17) is 9.47 Å². The maximum absolute atomic E-state index is 13.2. The highest BCUT2D eigenvalue weighted by Gasteiger charge is 2.36. The lowest BCUT2D eigenvalue weighted by Crippen LogP contribution is -2.27. The van der Waals surface area contributed by atoms with Crippen molar-refractivity contribution in [2.24, 2.45) is 0 Å². The molecular formula is C19H14N2O6S. The molecule has 2 aliphatic heterocycles. The number of anilines is 1. The quantitative estimate of drug-likeness (QED) is 0.496. The van der Waals surface area contributed by atoms with Gasteiger partial charge in [0.15, 0.2) is 6.79 Å². The minimum absolute atomic E-state index is 0.0143. The number of non-ortho nitro benzene ring substituents is 1. The van der Waals surface area contributed by atoms with E-state index in [9.17, 15) is 18.5 Å². The highest BCUT2D eigenvalue weighted by atomic mass is 32.2. The summed E-state index contributed by atoms with van der Waals surface area (Å²) in [7, 11) is -3.78. The molecule has 0 saturated carbocycles.